The molecule has 2 aromatic rings. The van der Waals surface area contributed by atoms with Crippen LogP contribution in [0.25, 0.3) is 0 Å². The first-order chi connectivity index (χ1) is 11.9. The van der Waals surface area contributed by atoms with Crippen LogP contribution in [-0.4, -0.2) is 39.9 Å². The van der Waals surface area contributed by atoms with E-state index in [0.29, 0.717) is 13.2 Å². The van der Waals surface area contributed by atoms with Crippen LogP contribution >= 0.6 is 11.8 Å². The fourth-order valence-corrected chi connectivity index (χ4v) is 3.15. The largest absolute Gasteiger partial charge is 0.383 e. The van der Waals surface area contributed by atoms with Crippen LogP contribution < -0.4 is 5.32 Å². The number of thioether (sulfide) groups is 1. The number of benzene rings is 1. The number of amides is 1. The molecule has 0 aliphatic carbocycles. The normalized spacial score (nSPS) is 10.7. The van der Waals surface area contributed by atoms with Crippen LogP contribution in [0.1, 0.15) is 11.4 Å². The average Bonchev–Trinajstić information content (AvgIpc) is 2.85. The van der Waals surface area contributed by atoms with Crippen LogP contribution in [0.3, 0.4) is 0 Å². The first-order valence-corrected chi connectivity index (χ1v) is 8.61. The van der Waals surface area contributed by atoms with Gasteiger partial charge in [-0.2, -0.15) is 0 Å². The molecule has 0 radical (unpaired) electrons. The number of anilines is 1. The van der Waals surface area contributed by atoms with E-state index in [9.17, 15) is 14.9 Å². The molecule has 9 heteroatoms. The molecule has 0 saturated carbocycles. The second kappa shape index (κ2) is 8.63. The lowest BCUT2D eigenvalue weighted by atomic mass is 10.2. The predicted molar refractivity (Wildman–Crippen MR) is 96.0 cm³/mol. The molecule has 1 amide bonds. The zero-order valence-electron chi connectivity index (χ0n) is 14.3. The van der Waals surface area contributed by atoms with Crippen molar-refractivity contribution in [3.63, 3.8) is 0 Å². The van der Waals surface area contributed by atoms with E-state index in [-0.39, 0.29) is 23.0 Å². The molecule has 0 bridgehead atoms. The lowest BCUT2D eigenvalue weighted by Crippen LogP contribution is -2.16. The third-order valence-electron chi connectivity index (χ3n) is 3.65. The zero-order valence-corrected chi connectivity index (χ0v) is 15.1. The molecule has 1 N–H and O–H groups in total. The minimum atomic E-state index is -0.521. The Morgan fingerprint density at radius 2 is 2.12 bits per heavy atom. The summed E-state index contributed by atoms with van der Waals surface area (Å²) in [5, 5.41) is 14.3. The van der Waals surface area contributed by atoms with Crippen molar-refractivity contribution < 1.29 is 14.5 Å². The number of carbonyl (C=O) groups excluding carboxylic acids is 1. The van der Waals surface area contributed by atoms with Crippen molar-refractivity contribution in [1.29, 1.82) is 0 Å². The third-order valence-corrected chi connectivity index (χ3v) is 4.63. The first-order valence-electron chi connectivity index (χ1n) is 7.62. The summed E-state index contributed by atoms with van der Waals surface area (Å²) in [6.07, 6.45) is 0. The summed E-state index contributed by atoms with van der Waals surface area (Å²) < 4.78 is 7.11. The van der Waals surface area contributed by atoms with E-state index in [1.165, 1.54) is 23.9 Å². The molecule has 0 spiro atoms. The maximum atomic E-state index is 12.2. The molecule has 1 heterocycles. The van der Waals surface area contributed by atoms with Gasteiger partial charge in [0, 0.05) is 25.4 Å². The quantitative estimate of drug-likeness (QED) is 0.439. The van der Waals surface area contributed by atoms with E-state index >= 15 is 0 Å². The Morgan fingerprint density at radius 1 is 1.40 bits per heavy atom. The number of nitro benzene ring substituents is 1. The van der Waals surface area contributed by atoms with Gasteiger partial charge in [-0.1, -0.05) is 23.9 Å². The van der Waals surface area contributed by atoms with Gasteiger partial charge in [0.2, 0.25) is 5.91 Å². The number of methoxy groups -OCH3 is 1. The fraction of sp³-hybridized carbons (Fsp3) is 0.375. The Hall–Kier alpha value is -2.39. The van der Waals surface area contributed by atoms with Gasteiger partial charge in [-0.25, -0.2) is 4.98 Å². The molecular formula is C16H20N4O4S. The Bertz CT molecular complexity index is 775. The summed E-state index contributed by atoms with van der Waals surface area (Å²) in [4.78, 5) is 27.1. The lowest BCUT2D eigenvalue weighted by Gasteiger charge is -2.09. The van der Waals surface area contributed by atoms with Gasteiger partial charge in [-0.15, -0.1) is 0 Å². The summed E-state index contributed by atoms with van der Waals surface area (Å²) in [6.45, 7) is 5.08. The molecule has 134 valence electrons. The van der Waals surface area contributed by atoms with Gasteiger partial charge >= 0.3 is 0 Å². The zero-order chi connectivity index (χ0) is 18.4. The monoisotopic (exact) mass is 364 g/mol. The van der Waals surface area contributed by atoms with Gasteiger partial charge in [0.25, 0.3) is 5.69 Å². The van der Waals surface area contributed by atoms with Crippen LogP contribution in [0, 0.1) is 24.0 Å². The molecule has 8 nitrogen and oxygen atoms in total. The van der Waals surface area contributed by atoms with E-state index in [0.717, 1.165) is 16.5 Å². The Labute approximate surface area is 149 Å². The second-order valence-corrected chi connectivity index (χ2v) is 6.26. The van der Waals surface area contributed by atoms with Crippen LogP contribution in [-0.2, 0) is 16.1 Å². The molecule has 0 fully saturated rings. The van der Waals surface area contributed by atoms with Crippen LogP contribution in [0.5, 0.6) is 0 Å². The maximum absolute atomic E-state index is 12.2. The fourth-order valence-electron chi connectivity index (χ4n) is 2.23. The molecule has 0 unspecified atom stereocenters. The summed E-state index contributed by atoms with van der Waals surface area (Å²) >= 11 is 1.29. The highest BCUT2D eigenvalue weighted by molar-refractivity contribution is 7.99. The first kappa shape index (κ1) is 18.9. The van der Waals surface area contributed by atoms with Crippen molar-refractivity contribution in [2.45, 2.75) is 25.5 Å². The highest BCUT2D eigenvalue weighted by Crippen LogP contribution is 2.25. The number of nitrogens with zero attached hydrogens (tertiary/aromatic N) is 3. The van der Waals surface area contributed by atoms with Gasteiger partial charge in [0.05, 0.1) is 23.0 Å². The van der Waals surface area contributed by atoms with E-state index in [1.807, 2.05) is 18.4 Å². The van der Waals surface area contributed by atoms with Gasteiger partial charge in [0.15, 0.2) is 5.16 Å². The van der Waals surface area contributed by atoms with E-state index < -0.39 is 4.92 Å². The van der Waals surface area contributed by atoms with Crippen molar-refractivity contribution in [1.82, 2.24) is 9.55 Å². The summed E-state index contributed by atoms with van der Waals surface area (Å²) in [5.41, 5.74) is 1.98. The van der Waals surface area contributed by atoms with E-state index in [4.69, 9.17) is 4.74 Å². The number of nitrogens with one attached hydrogen (secondary N) is 1. The summed E-state index contributed by atoms with van der Waals surface area (Å²) in [7, 11) is 1.63. The SMILES string of the molecule is COCCn1c(SCC(=O)Nc2ccccc2[N+](=O)[O-])nc(C)c1C. The minimum absolute atomic E-state index is 0.106. The second-order valence-electron chi connectivity index (χ2n) is 5.32. The number of aryl methyl sites for hydroxylation is 1. The minimum Gasteiger partial charge on any atom is -0.383 e. The topological polar surface area (TPSA) is 99.3 Å². The van der Waals surface area contributed by atoms with E-state index in [1.54, 1.807) is 19.2 Å². The van der Waals surface area contributed by atoms with Crippen LogP contribution in [0.2, 0.25) is 0 Å². The highest BCUT2D eigenvalue weighted by atomic mass is 32.2. The smallest absolute Gasteiger partial charge is 0.292 e. The number of aromatic nitrogens is 2. The predicted octanol–water partition coefficient (Wildman–Crippen LogP) is 2.79. The van der Waals surface area contributed by atoms with Crippen molar-refractivity contribution >= 4 is 29.0 Å². The molecule has 1 aromatic heterocycles. The molecule has 0 aliphatic rings. The Kier molecular flexibility index (Phi) is 6.54. The Balaban J connectivity index is 2.04. The molecule has 25 heavy (non-hydrogen) atoms. The summed E-state index contributed by atoms with van der Waals surface area (Å²) in [6, 6.07) is 6.06. The van der Waals surface area contributed by atoms with E-state index in [2.05, 4.69) is 10.3 Å². The lowest BCUT2D eigenvalue weighted by molar-refractivity contribution is -0.383. The molecule has 0 atom stereocenters. The molecule has 0 aliphatic heterocycles. The number of para-hydroxylation sites is 2. The Morgan fingerprint density at radius 3 is 2.80 bits per heavy atom. The standard InChI is InChI=1S/C16H20N4O4S/c1-11-12(2)19(8-9-24-3)16(17-11)25-10-15(21)18-13-6-4-5-7-14(13)20(22)23/h4-7H,8-10H2,1-3H3,(H,18,21). The van der Waals surface area contributed by atoms with Crippen molar-refractivity contribution in [3.8, 4) is 0 Å². The molecule has 2 rings (SSSR count). The molecular weight excluding hydrogens is 344 g/mol. The summed E-state index contributed by atoms with van der Waals surface area (Å²) in [5.74, 6) is -0.217. The van der Waals surface area contributed by atoms with Gasteiger partial charge in [-0.05, 0) is 19.9 Å². The van der Waals surface area contributed by atoms with Gasteiger partial charge < -0.3 is 14.6 Å². The number of imidazole rings is 1. The number of hydrogen-bond donors (Lipinski definition) is 1. The number of rotatable bonds is 8. The molecule has 0 saturated heterocycles. The number of carbonyl (C=O) groups is 1. The third kappa shape index (κ3) is 4.80. The van der Waals surface area contributed by atoms with Crippen molar-refractivity contribution in [2.24, 2.45) is 0 Å². The molecule has 1 aromatic carbocycles. The number of ether oxygens (including phenoxy) is 1. The van der Waals surface area contributed by atoms with Gasteiger partial charge in [0.1, 0.15) is 5.69 Å². The van der Waals surface area contributed by atoms with Crippen LogP contribution in [0.4, 0.5) is 11.4 Å². The number of nitro groups is 1. The van der Waals surface area contributed by atoms with Crippen molar-refractivity contribution in [2.75, 3.05) is 24.8 Å². The highest BCUT2D eigenvalue weighted by Gasteiger charge is 2.17. The van der Waals surface area contributed by atoms with Crippen LogP contribution in [0.15, 0.2) is 29.4 Å². The van der Waals surface area contributed by atoms with Gasteiger partial charge in [-0.3, -0.25) is 14.9 Å². The number of hydrogen-bond acceptors (Lipinski definition) is 6. The average molecular weight is 364 g/mol. The maximum Gasteiger partial charge on any atom is 0.292 e. The van der Waals surface area contributed by atoms with Crippen molar-refractivity contribution in [3.05, 3.63) is 45.8 Å².